The zero-order valence-corrected chi connectivity index (χ0v) is 21.5. The van der Waals surface area contributed by atoms with Gasteiger partial charge in [0.1, 0.15) is 6.61 Å². The Morgan fingerprint density at radius 2 is 1.33 bits per heavy atom. The fraction of sp³-hybridized carbons (Fsp3) is 0.556. The minimum atomic E-state index is -4.80. The lowest BCUT2D eigenvalue weighted by molar-refractivity contribution is -0.158. The first kappa shape index (κ1) is 32.9. The van der Waals surface area contributed by atoms with Crippen molar-refractivity contribution in [1.82, 2.24) is 0 Å². The van der Waals surface area contributed by atoms with Gasteiger partial charge in [-0.2, -0.15) is 0 Å². The van der Waals surface area contributed by atoms with Gasteiger partial charge < -0.3 is 19.3 Å². The third kappa shape index (κ3) is 24.0. The number of hydrogen-bond acceptors (Lipinski definition) is 6. The fourth-order valence-corrected chi connectivity index (χ4v) is 3.14. The van der Waals surface area contributed by atoms with Gasteiger partial charge in [-0.1, -0.05) is 64.7 Å². The molecule has 2 N–H and O–H groups in total. The van der Waals surface area contributed by atoms with E-state index in [0.29, 0.717) is 6.42 Å². The molecule has 0 bridgehead atoms. The number of hydrogen-bond donors (Lipinski definition) is 2. The van der Waals surface area contributed by atoms with Crippen LogP contribution in [0.3, 0.4) is 0 Å². The van der Waals surface area contributed by atoms with E-state index >= 15 is 0 Å². The Hall–Kier alpha value is -3.15. The molecule has 0 aromatic rings. The fourth-order valence-electron chi connectivity index (χ4n) is 2.78. The van der Waals surface area contributed by atoms with E-state index < -0.39 is 39.1 Å². The van der Waals surface area contributed by atoms with Gasteiger partial charge in [-0.25, -0.2) is 9.36 Å². The lowest BCUT2D eigenvalue weighted by Gasteiger charge is -2.17. The number of carbonyl (C=O) groups excluding carboxylic acids is 2. The standard InChI is InChI=1S/C27H33O8P/c1-3-5-7-9-11-13-14-16-18-20-22-27(29)35-25(24-34-36(30,31)32)23-33-26(28)21-19-17-15-12-10-8-6-4-2/h2,25H,3,5,7,9,11,13-14,16,18,20,22-24H2,1H3,(H2,30,31,32)/t25-/m1/s1. The van der Waals surface area contributed by atoms with Crippen molar-refractivity contribution < 1.29 is 37.9 Å². The summed E-state index contributed by atoms with van der Waals surface area (Å²) in [5.74, 6) is 18.8. The number of phosphoric ester groups is 1. The SMILES string of the molecule is C#CC#CC#CC#CC#CC(=O)OC[C@H](COP(=O)(O)O)OC(=O)CCCCCCCCCCCC. The summed E-state index contributed by atoms with van der Waals surface area (Å²) < 4.78 is 25.4. The number of rotatable bonds is 17. The maximum absolute atomic E-state index is 12.1. The van der Waals surface area contributed by atoms with Crippen molar-refractivity contribution in [3.05, 3.63) is 0 Å². The van der Waals surface area contributed by atoms with E-state index in [1.807, 2.05) is 0 Å². The van der Waals surface area contributed by atoms with Crippen LogP contribution in [0.15, 0.2) is 0 Å². The number of carbonyl (C=O) groups is 2. The molecule has 0 aliphatic heterocycles. The summed E-state index contributed by atoms with van der Waals surface area (Å²) in [4.78, 5) is 41.6. The second-order valence-corrected chi connectivity index (χ2v) is 8.81. The van der Waals surface area contributed by atoms with Gasteiger partial charge in [0, 0.05) is 12.3 Å². The van der Waals surface area contributed by atoms with Crippen LogP contribution in [-0.2, 0) is 28.2 Å². The molecule has 0 saturated heterocycles. The van der Waals surface area contributed by atoms with E-state index in [4.69, 9.17) is 25.7 Å². The van der Waals surface area contributed by atoms with E-state index in [-0.39, 0.29) is 6.42 Å². The average molecular weight is 517 g/mol. The van der Waals surface area contributed by atoms with Crippen molar-refractivity contribution in [1.29, 1.82) is 0 Å². The summed E-state index contributed by atoms with van der Waals surface area (Å²) in [7, 11) is -4.80. The van der Waals surface area contributed by atoms with Gasteiger partial charge in [-0.05, 0) is 53.8 Å². The Balaban J connectivity index is 4.43. The van der Waals surface area contributed by atoms with Crippen LogP contribution in [-0.4, -0.2) is 41.0 Å². The molecule has 8 nitrogen and oxygen atoms in total. The molecule has 0 aromatic heterocycles. The van der Waals surface area contributed by atoms with Crippen LogP contribution in [0.5, 0.6) is 0 Å². The van der Waals surface area contributed by atoms with Gasteiger partial charge in [0.2, 0.25) is 0 Å². The summed E-state index contributed by atoms with van der Waals surface area (Å²) in [6, 6.07) is 0. The van der Waals surface area contributed by atoms with Crippen LogP contribution in [0.1, 0.15) is 77.6 Å². The first-order valence-electron chi connectivity index (χ1n) is 11.8. The maximum Gasteiger partial charge on any atom is 0.469 e. The molecular weight excluding hydrogens is 483 g/mol. The molecule has 0 amide bonds. The molecular formula is C27H33O8P. The number of terminal acetylenes is 1. The van der Waals surface area contributed by atoms with Crippen LogP contribution >= 0.6 is 7.82 Å². The number of phosphoric acid groups is 1. The van der Waals surface area contributed by atoms with E-state index in [9.17, 15) is 14.2 Å². The Labute approximate surface area is 214 Å². The van der Waals surface area contributed by atoms with Gasteiger partial charge in [-0.3, -0.25) is 9.32 Å². The second kappa shape index (κ2) is 22.3. The minimum absolute atomic E-state index is 0.138. The second-order valence-electron chi connectivity index (χ2n) is 7.57. The predicted molar refractivity (Wildman–Crippen MR) is 135 cm³/mol. The molecule has 0 fully saturated rings. The van der Waals surface area contributed by atoms with Crippen LogP contribution in [0, 0.1) is 59.7 Å². The molecule has 0 saturated carbocycles. The van der Waals surface area contributed by atoms with Gasteiger partial charge in [0.15, 0.2) is 6.10 Å². The van der Waals surface area contributed by atoms with Crippen molar-refractivity contribution >= 4 is 19.8 Å². The zero-order chi connectivity index (χ0) is 26.9. The van der Waals surface area contributed by atoms with Crippen molar-refractivity contribution in [3.63, 3.8) is 0 Å². The maximum atomic E-state index is 12.1. The molecule has 0 spiro atoms. The van der Waals surface area contributed by atoms with E-state index in [1.54, 1.807) is 0 Å². The van der Waals surface area contributed by atoms with Gasteiger partial charge in [-0.15, -0.1) is 6.42 Å². The van der Waals surface area contributed by atoms with Crippen molar-refractivity contribution in [2.24, 2.45) is 0 Å². The van der Waals surface area contributed by atoms with E-state index in [2.05, 4.69) is 64.7 Å². The number of esters is 2. The Bertz CT molecular complexity index is 1010. The van der Waals surface area contributed by atoms with Crippen LogP contribution in [0.25, 0.3) is 0 Å². The average Bonchev–Trinajstić information content (AvgIpc) is 2.83. The van der Waals surface area contributed by atoms with Gasteiger partial charge in [0.05, 0.1) is 6.61 Å². The monoisotopic (exact) mass is 516 g/mol. The molecule has 0 radical (unpaired) electrons. The molecule has 0 unspecified atom stereocenters. The predicted octanol–water partition coefficient (Wildman–Crippen LogP) is 3.51. The number of ether oxygens (including phenoxy) is 2. The first-order valence-corrected chi connectivity index (χ1v) is 13.3. The lowest BCUT2D eigenvalue weighted by atomic mass is 10.1. The highest BCUT2D eigenvalue weighted by molar-refractivity contribution is 7.46. The van der Waals surface area contributed by atoms with Crippen LogP contribution < -0.4 is 0 Å². The molecule has 9 heteroatoms. The summed E-state index contributed by atoms with van der Waals surface area (Å²) in [5, 5.41) is 0. The molecule has 0 rings (SSSR count). The first-order chi connectivity index (χ1) is 17.3. The third-order valence-electron chi connectivity index (χ3n) is 4.47. The van der Waals surface area contributed by atoms with Crippen LogP contribution in [0.2, 0.25) is 0 Å². The lowest BCUT2D eigenvalue weighted by Crippen LogP contribution is -2.29. The van der Waals surface area contributed by atoms with Crippen molar-refractivity contribution in [2.45, 2.75) is 83.7 Å². The molecule has 0 heterocycles. The summed E-state index contributed by atoms with van der Waals surface area (Å²) in [6.07, 6.45) is 15.0. The quantitative estimate of drug-likeness (QED) is 0.0991. The van der Waals surface area contributed by atoms with E-state index in [1.165, 1.54) is 38.5 Å². The Kier molecular flexibility index (Phi) is 20.4. The molecule has 0 aliphatic carbocycles. The van der Waals surface area contributed by atoms with Gasteiger partial charge in [0.25, 0.3) is 0 Å². The summed E-state index contributed by atoms with van der Waals surface area (Å²) in [5.41, 5.74) is 0. The number of unbranched alkanes of at least 4 members (excludes halogenated alkanes) is 9. The Morgan fingerprint density at radius 3 is 1.89 bits per heavy atom. The largest absolute Gasteiger partial charge is 0.469 e. The smallest absolute Gasteiger partial charge is 0.456 e. The van der Waals surface area contributed by atoms with E-state index in [0.717, 1.165) is 19.3 Å². The van der Waals surface area contributed by atoms with Gasteiger partial charge >= 0.3 is 19.8 Å². The minimum Gasteiger partial charge on any atom is -0.456 e. The highest BCUT2D eigenvalue weighted by Crippen LogP contribution is 2.35. The topological polar surface area (TPSA) is 119 Å². The Morgan fingerprint density at radius 1 is 0.806 bits per heavy atom. The third-order valence-corrected chi connectivity index (χ3v) is 4.96. The van der Waals surface area contributed by atoms with Crippen molar-refractivity contribution in [2.75, 3.05) is 13.2 Å². The molecule has 0 aromatic carbocycles. The normalized spacial score (nSPS) is 10.4. The zero-order valence-electron chi connectivity index (χ0n) is 20.6. The molecule has 0 aliphatic rings. The molecule has 36 heavy (non-hydrogen) atoms. The summed E-state index contributed by atoms with van der Waals surface area (Å²) in [6.45, 7) is 1.05. The van der Waals surface area contributed by atoms with Crippen LogP contribution in [0.4, 0.5) is 0 Å². The highest BCUT2D eigenvalue weighted by Gasteiger charge is 2.22. The molecule has 1 atom stereocenters. The summed E-state index contributed by atoms with van der Waals surface area (Å²) >= 11 is 0. The van der Waals surface area contributed by atoms with Crippen molar-refractivity contribution in [3.8, 4) is 59.7 Å². The highest BCUT2D eigenvalue weighted by atomic mass is 31.2. The molecule has 194 valence electrons.